The fourth-order valence-corrected chi connectivity index (χ4v) is 3.02. The van der Waals surface area contributed by atoms with E-state index in [0.717, 1.165) is 14.9 Å². The Morgan fingerprint density at radius 1 is 1.08 bits per heavy atom. The molecule has 3 rings (SSSR count). The predicted octanol–water partition coefficient (Wildman–Crippen LogP) is 4.03. The standard InChI is InChI=1S/C19H16BrN3O2S/c1-26-16-8-6-15(7-9-16)21-18(24)12-23-19(25)11-10-17(22-23)13-2-4-14(20)5-3-13/h2-11H,12H2,1H3,(H,21,24). The Morgan fingerprint density at radius 3 is 2.42 bits per heavy atom. The van der Waals surface area contributed by atoms with Crippen LogP contribution in [0.15, 0.2) is 74.8 Å². The molecule has 0 saturated carbocycles. The third-order valence-corrected chi connectivity index (χ3v) is 4.95. The van der Waals surface area contributed by atoms with Crippen molar-refractivity contribution >= 4 is 39.3 Å². The molecule has 7 heteroatoms. The Bertz CT molecular complexity index is 969. The highest BCUT2D eigenvalue weighted by atomic mass is 79.9. The molecule has 0 unspecified atom stereocenters. The number of benzene rings is 2. The smallest absolute Gasteiger partial charge is 0.267 e. The van der Waals surface area contributed by atoms with Crippen LogP contribution < -0.4 is 10.9 Å². The molecule has 0 aliphatic rings. The summed E-state index contributed by atoms with van der Waals surface area (Å²) in [5, 5.41) is 7.09. The van der Waals surface area contributed by atoms with Crippen molar-refractivity contribution in [2.24, 2.45) is 0 Å². The number of aromatic nitrogens is 2. The highest BCUT2D eigenvalue weighted by Crippen LogP contribution is 2.19. The van der Waals surface area contributed by atoms with Gasteiger partial charge in [0.25, 0.3) is 5.56 Å². The molecule has 1 N–H and O–H groups in total. The Hall–Kier alpha value is -2.38. The number of halogens is 1. The molecule has 1 amide bonds. The molecule has 1 heterocycles. The van der Waals surface area contributed by atoms with E-state index < -0.39 is 0 Å². The first-order valence-electron chi connectivity index (χ1n) is 7.83. The average molecular weight is 430 g/mol. The van der Waals surface area contributed by atoms with Gasteiger partial charge < -0.3 is 5.32 Å². The monoisotopic (exact) mass is 429 g/mol. The summed E-state index contributed by atoms with van der Waals surface area (Å²) < 4.78 is 2.13. The number of hydrogen-bond donors (Lipinski definition) is 1. The maximum absolute atomic E-state index is 12.3. The maximum atomic E-state index is 12.3. The van der Waals surface area contributed by atoms with Crippen LogP contribution in [0.1, 0.15) is 0 Å². The molecule has 132 valence electrons. The van der Waals surface area contributed by atoms with E-state index >= 15 is 0 Å². The van der Waals surface area contributed by atoms with Gasteiger partial charge in [-0.1, -0.05) is 28.1 Å². The Morgan fingerprint density at radius 2 is 1.77 bits per heavy atom. The minimum absolute atomic E-state index is 0.145. The van der Waals surface area contributed by atoms with Crippen LogP contribution in [0.4, 0.5) is 5.69 Å². The molecule has 0 bridgehead atoms. The number of thioether (sulfide) groups is 1. The van der Waals surface area contributed by atoms with Crippen LogP contribution in [0, 0.1) is 0 Å². The second kappa shape index (κ2) is 8.33. The van der Waals surface area contributed by atoms with Crippen molar-refractivity contribution in [3.8, 4) is 11.3 Å². The van der Waals surface area contributed by atoms with E-state index in [9.17, 15) is 9.59 Å². The van der Waals surface area contributed by atoms with Crippen LogP contribution in [0.2, 0.25) is 0 Å². The topological polar surface area (TPSA) is 64.0 Å². The van der Waals surface area contributed by atoms with Crippen LogP contribution >= 0.6 is 27.7 Å². The molecule has 0 radical (unpaired) electrons. The minimum Gasteiger partial charge on any atom is -0.324 e. The van der Waals surface area contributed by atoms with Crippen molar-refractivity contribution in [2.75, 3.05) is 11.6 Å². The molecule has 0 atom stereocenters. The zero-order chi connectivity index (χ0) is 18.5. The normalized spacial score (nSPS) is 10.5. The van der Waals surface area contributed by atoms with Gasteiger partial charge in [-0.15, -0.1) is 11.8 Å². The number of nitrogens with one attached hydrogen (secondary N) is 1. The molecular formula is C19H16BrN3O2S. The lowest BCUT2D eigenvalue weighted by Crippen LogP contribution is -2.29. The van der Waals surface area contributed by atoms with E-state index in [1.54, 1.807) is 17.8 Å². The predicted molar refractivity (Wildman–Crippen MR) is 108 cm³/mol. The summed E-state index contributed by atoms with van der Waals surface area (Å²) >= 11 is 5.02. The van der Waals surface area contributed by atoms with E-state index in [4.69, 9.17) is 0 Å². The second-order valence-electron chi connectivity index (χ2n) is 5.50. The summed E-state index contributed by atoms with van der Waals surface area (Å²) in [4.78, 5) is 25.4. The highest BCUT2D eigenvalue weighted by Gasteiger charge is 2.08. The number of anilines is 1. The molecule has 5 nitrogen and oxygen atoms in total. The Balaban J connectivity index is 1.75. The molecule has 0 aliphatic heterocycles. The highest BCUT2D eigenvalue weighted by molar-refractivity contribution is 9.10. The van der Waals surface area contributed by atoms with Crippen molar-refractivity contribution < 1.29 is 4.79 Å². The average Bonchev–Trinajstić information content (AvgIpc) is 2.65. The van der Waals surface area contributed by atoms with E-state index in [2.05, 4.69) is 26.3 Å². The number of rotatable bonds is 5. The van der Waals surface area contributed by atoms with Gasteiger partial charge in [0.2, 0.25) is 5.91 Å². The summed E-state index contributed by atoms with van der Waals surface area (Å²) in [5.41, 5.74) is 1.87. The number of carbonyl (C=O) groups is 1. The second-order valence-corrected chi connectivity index (χ2v) is 7.29. The molecule has 2 aromatic carbocycles. The fourth-order valence-electron chi connectivity index (χ4n) is 2.35. The number of hydrogen-bond acceptors (Lipinski definition) is 4. The molecule has 0 spiro atoms. The fraction of sp³-hybridized carbons (Fsp3) is 0.105. The van der Waals surface area contributed by atoms with Crippen molar-refractivity contribution in [3.05, 3.63) is 75.5 Å². The molecule has 0 aliphatic carbocycles. The Labute approximate surface area is 163 Å². The molecule has 0 saturated heterocycles. The van der Waals surface area contributed by atoms with Crippen LogP contribution in [-0.4, -0.2) is 21.9 Å². The number of carbonyl (C=O) groups excluding carboxylic acids is 1. The third-order valence-electron chi connectivity index (χ3n) is 3.67. The van der Waals surface area contributed by atoms with Gasteiger partial charge in [0.1, 0.15) is 6.54 Å². The Kier molecular flexibility index (Phi) is 5.90. The van der Waals surface area contributed by atoms with Crippen LogP contribution in [-0.2, 0) is 11.3 Å². The third kappa shape index (κ3) is 4.62. The minimum atomic E-state index is -0.321. The molecule has 0 fully saturated rings. The van der Waals surface area contributed by atoms with Gasteiger partial charge >= 0.3 is 0 Å². The van der Waals surface area contributed by atoms with Crippen LogP contribution in [0.25, 0.3) is 11.3 Å². The van der Waals surface area contributed by atoms with Crippen LogP contribution in [0.3, 0.4) is 0 Å². The molecule has 3 aromatic rings. The van der Waals surface area contributed by atoms with E-state index in [1.165, 1.54) is 10.7 Å². The summed E-state index contributed by atoms with van der Waals surface area (Å²) in [6.45, 7) is -0.145. The quantitative estimate of drug-likeness (QED) is 0.621. The first kappa shape index (κ1) is 18.4. The van der Waals surface area contributed by atoms with Gasteiger partial charge in [0.05, 0.1) is 5.69 Å². The van der Waals surface area contributed by atoms with Crippen molar-refractivity contribution in [2.45, 2.75) is 11.4 Å². The van der Waals surface area contributed by atoms with Gasteiger partial charge in [0.15, 0.2) is 0 Å². The first-order chi connectivity index (χ1) is 12.5. The first-order valence-corrected chi connectivity index (χ1v) is 9.85. The maximum Gasteiger partial charge on any atom is 0.267 e. The summed E-state index contributed by atoms with van der Waals surface area (Å²) in [7, 11) is 0. The lowest BCUT2D eigenvalue weighted by molar-refractivity contribution is -0.117. The largest absolute Gasteiger partial charge is 0.324 e. The van der Waals surface area contributed by atoms with Gasteiger partial charge in [-0.25, -0.2) is 4.68 Å². The number of amides is 1. The summed E-state index contributed by atoms with van der Waals surface area (Å²) in [6, 6.07) is 18.2. The van der Waals surface area contributed by atoms with Crippen LogP contribution in [0.5, 0.6) is 0 Å². The lowest BCUT2D eigenvalue weighted by atomic mass is 10.1. The van der Waals surface area contributed by atoms with Crippen molar-refractivity contribution in [1.29, 1.82) is 0 Å². The van der Waals surface area contributed by atoms with Crippen molar-refractivity contribution in [1.82, 2.24) is 9.78 Å². The van der Waals surface area contributed by atoms with Gasteiger partial charge in [-0.05, 0) is 48.7 Å². The molecular weight excluding hydrogens is 414 g/mol. The van der Waals surface area contributed by atoms with E-state index in [0.29, 0.717) is 11.4 Å². The SMILES string of the molecule is CSc1ccc(NC(=O)Cn2nc(-c3ccc(Br)cc3)ccc2=O)cc1. The zero-order valence-corrected chi connectivity index (χ0v) is 16.4. The summed E-state index contributed by atoms with van der Waals surface area (Å²) in [5.74, 6) is -0.301. The lowest BCUT2D eigenvalue weighted by Gasteiger charge is -2.09. The zero-order valence-electron chi connectivity index (χ0n) is 14.0. The van der Waals surface area contributed by atoms with Gasteiger partial charge in [-0.3, -0.25) is 9.59 Å². The van der Waals surface area contributed by atoms with E-state index in [-0.39, 0.29) is 18.0 Å². The summed E-state index contributed by atoms with van der Waals surface area (Å²) in [6.07, 6.45) is 1.99. The molecule has 26 heavy (non-hydrogen) atoms. The van der Waals surface area contributed by atoms with Gasteiger partial charge in [-0.2, -0.15) is 5.10 Å². The van der Waals surface area contributed by atoms with Gasteiger partial charge in [0, 0.05) is 26.7 Å². The number of nitrogens with zero attached hydrogens (tertiary/aromatic N) is 2. The van der Waals surface area contributed by atoms with Crippen molar-refractivity contribution in [3.63, 3.8) is 0 Å². The van der Waals surface area contributed by atoms with E-state index in [1.807, 2.05) is 54.8 Å². The molecule has 1 aromatic heterocycles.